The van der Waals surface area contributed by atoms with Crippen molar-refractivity contribution < 1.29 is 4.74 Å². The van der Waals surface area contributed by atoms with Crippen LogP contribution in [0.1, 0.15) is 25.7 Å². The Labute approximate surface area is 211 Å². The Morgan fingerprint density at radius 2 is 1.69 bits per heavy atom. The zero-order valence-electron chi connectivity index (χ0n) is 20.5. The van der Waals surface area contributed by atoms with Crippen LogP contribution in [-0.2, 0) is 11.3 Å². The lowest BCUT2D eigenvalue weighted by Crippen LogP contribution is -2.36. The molecule has 2 aromatic carbocycles. The van der Waals surface area contributed by atoms with Crippen LogP contribution in [0.2, 0.25) is 0 Å². The summed E-state index contributed by atoms with van der Waals surface area (Å²) in [5, 5.41) is 9.39. The summed E-state index contributed by atoms with van der Waals surface area (Å²) in [4.78, 5) is 11.9. The number of aromatic nitrogens is 4. The lowest BCUT2D eigenvalue weighted by molar-refractivity contribution is 0.122. The number of rotatable bonds is 6. The first-order chi connectivity index (χ1) is 17.7. The maximum Gasteiger partial charge on any atom is 0.229 e. The Bertz CT molecular complexity index is 1290. The van der Waals surface area contributed by atoms with E-state index in [0.717, 1.165) is 86.5 Å². The van der Waals surface area contributed by atoms with Gasteiger partial charge in [-0.1, -0.05) is 30.3 Å². The SMILES string of the molecule is NC1CCC(Cn2nc(-c3ccc(N4CCOCC4)cc3)c3cnc(Nc4ccccc4)nc32)CC1. The molecule has 8 nitrogen and oxygen atoms in total. The molecule has 0 unspecified atom stereocenters. The van der Waals surface area contributed by atoms with E-state index in [1.54, 1.807) is 0 Å². The number of benzene rings is 2. The molecule has 0 radical (unpaired) electrons. The number of nitrogens with two attached hydrogens (primary N) is 1. The second-order valence-electron chi connectivity index (χ2n) is 9.88. The number of anilines is 3. The molecule has 3 heterocycles. The summed E-state index contributed by atoms with van der Waals surface area (Å²) >= 11 is 0. The van der Waals surface area contributed by atoms with Crippen molar-refractivity contribution in [3.63, 3.8) is 0 Å². The molecule has 6 rings (SSSR count). The molecule has 2 aliphatic rings. The van der Waals surface area contributed by atoms with Crippen LogP contribution in [0, 0.1) is 5.92 Å². The van der Waals surface area contributed by atoms with Crippen molar-refractivity contribution in [2.45, 2.75) is 38.3 Å². The molecule has 1 aliphatic heterocycles. The molecule has 0 amide bonds. The number of para-hydroxylation sites is 1. The van der Waals surface area contributed by atoms with E-state index >= 15 is 0 Å². The molecule has 8 heteroatoms. The van der Waals surface area contributed by atoms with Gasteiger partial charge in [-0.3, -0.25) is 0 Å². The Kier molecular flexibility index (Phi) is 6.53. The van der Waals surface area contributed by atoms with Gasteiger partial charge in [-0.2, -0.15) is 10.1 Å². The van der Waals surface area contributed by atoms with Crippen molar-refractivity contribution in [1.29, 1.82) is 0 Å². The van der Waals surface area contributed by atoms with Crippen LogP contribution in [0.15, 0.2) is 60.8 Å². The fourth-order valence-electron chi connectivity index (χ4n) is 5.28. The highest BCUT2D eigenvalue weighted by Crippen LogP contribution is 2.32. The van der Waals surface area contributed by atoms with E-state index in [4.69, 9.17) is 20.6 Å². The third-order valence-corrected chi connectivity index (χ3v) is 7.36. The van der Waals surface area contributed by atoms with Gasteiger partial charge in [0.15, 0.2) is 5.65 Å². The van der Waals surface area contributed by atoms with E-state index in [2.05, 4.69) is 44.1 Å². The van der Waals surface area contributed by atoms with E-state index in [-0.39, 0.29) is 0 Å². The standard InChI is InChI=1S/C28H33N7O/c29-22-10-6-20(7-11-22)19-35-27-25(18-30-28(32-27)31-23-4-2-1-3-5-23)26(33-35)21-8-12-24(13-9-21)34-14-16-36-17-15-34/h1-5,8-9,12-13,18,20,22H,6-7,10-11,14-17,19,29H2,(H,30,31,32). The molecule has 2 aromatic heterocycles. The minimum atomic E-state index is 0.333. The Balaban J connectivity index is 1.33. The van der Waals surface area contributed by atoms with Gasteiger partial charge in [0, 0.05) is 48.8 Å². The summed E-state index contributed by atoms with van der Waals surface area (Å²) in [5.74, 6) is 1.14. The van der Waals surface area contributed by atoms with Crippen LogP contribution in [-0.4, -0.2) is 52.1 Å². The molecule has 1 saturated carbocycles. The normalized spacial score (nSPS) is 20.5. The highest BCUT2D eigenvalue weighted by molar-refractivity contribution is 5.91. The minimum Gasteiger partial charge on any atom is -0.378 e. The van der Waals surface area contributed by atoms with E-state index in [1.807, 2.05) is 36.5 Å². The predicted molar refractivity (Wildman–Crippen MR) is 143 cm³/mol. The van der Waals surface area contributed by atoms with E-state index in [1.165, 1.54) is 5.69 Å². The van der Waals surface area contributed by atoms with E-state index in [9.17, 15) is 0 Å². The van der Waals surface area contributed by atoms with Gasteiger partial charge in [-0.25, -0.2) is 9.67 Å². The van der Waals surface area contributed by atoms with Crippen molar-refractivity contribution in [2.75, 3.05) is 36.5 Å². The van der Waals surface area contributed by atoms with Gasteiger partial charge in [-0.15, -0.1) is 0 Å². The summed E-state index contributed by atoms with van der Waals surface area (Å²) in [5.41, 5.74) is 11.2. The first kappa shape index (κ1) is 22.9. The van der Waals surface area contributed by atoms with Crippen molar-refractivity contribution in [3.8, 4) is 11.3 Å². The number of fused-ring (bicyclic) bond motifs is 1. The Morgan fingerprint density at radius 1 is 0.944 bits per heavy atom. The fourth-order valence-corrected chi connectivity index (χ4v) is 5.28. The third kappa shape index (κ3) is 4.92. The monoisotopic (exact) mass is 483 g/mol. The zero-order valence-corrected chi connectivity index (χ0v) is 20.5. The predicted octanol–water partition coefficient (Wildman–Crippen LogP) is 4.59. The van der Waals surface area contributed by atoms with Gasteiger partial charge in [0.2, 0.25) is 5.95 Å². The summed E-state index contributed by atoms with van der Waals surface area (Å²) in [6.45, 7) is 4.25. The second kappa shape index (κ2) is 10.2. The molecule has 0 bridgehead atoms. The number of hydrogen-bond donors (Lipinski definition) is 2. The summed E-state index contributed by atoms with van der Waals surface area (Å²) in [6.07, 6.45) is 6.32. The molecule has 0 atom stereocenters. The number of ether oxygens (including phenoxy) is 1. The van der Waals surface area contributed by atoms with Crippen LogP contribution in [0.25, 0.3) is 22.3 Å². The van der Waals surface area contributed by atoms with Gasteiger partial charge in [0.05, 0.1) is 18.6 Å². The van der Waals surface area contributed by atoms with Crippen molar-refractivity contribution in [3.05, 3.63) is 60.8 Å². The summed E-state index contributed by atoms with van der Waals surface area (Å²) < 4.78 is 7.58. The first-order valence-corrected chi connectivity index (χ1v) is 13.0. The van der Waals surface area contributed by atoms with Crippen LogP contribution in [0.3, 0.4) is 0 Å². The van der Waals surface area contributed by atoms with Crippen LogP contribution < -0.4 is 16.0 Å². The molecule has 3 N–H and O–H groups in total. The molecular formula is C28H33N7O. The lowest BCUT2D eigenvalue weighted by atomic mass is 9.86. The van der Waals surface area contributed by atoms with Crippen LogP contribution in [0.4, 0.5) is 17.3 Å². The Hall–Kier alpha value is -3.49. The highest BCUT2D eigenvalue weighted by atomic mass is 16.5. The van der Waals surface area contributed by atoms with Gasteiger partial charge < -0.3 is 20.7 Å². The number of hydrogen-bond acceptors (Lipinski definition) is 7. The molecule has 36 heavy (non-hydrogen) atoms. The number of morpholine rings is 1. The van der Waals surface area contributed by atoms with E-state index in [0.29, 0.717) is 17.9 Å². The number of nitrogens with zero attached hydrogens (tertiary/aromatic N) is 5. The molecule has 1 aliphatic carbocycles. The average Bonchev–Trinajstić information content (AvgIpc) is 3.28. The third-order valence-electron chi connectivity index (χ3n) is 7.36. The molecule has 0 spiro atoms. The highest BCUT2D eigenvalue weighted by Gasteiger charge is 2.22. The van der Waals surface area contributed by atoms with Gasteiger partial charge in [0.25, 0.3) is 0 Å². The average molecular weight is 484 g/mol. The molecular weight excluding hydrogens is 450 g/mol. The first-order valence-electron chi connectivity index (χ1n) is 13.0. The van der Waals surface area contributed by atoms with E-state index < -0.39 is 0 Å². The van der Waals surface area contributed by atoms with Crippen LogP contribution >= 0.6 is 0 Å². The molecule has 4 aromatic rings. The maximum absolute atomic E-state index is 6.16. The van der Waals surface area contributed by atoms with Gasteiger partial charge in [-0.05, 0) is 55.9 Å². The van der Waals surface area contributed by atoms with Gasteiger partial charge in [0.1, 0.15) is 5.69 Å². The minimum absolute atomic E-state index is 0.333. The van der Waals surface area contributed by atoms with Gasteiger partial charge >= 0.3 is 0 Å². The number of nitrogens with one attached hydrogen (secondary N) is 1. The largest absolute Gasteiger partial charge is 0.378 e. The molecule has 186 valence electrons. The lowest BCUT2D eigenvalue weighted by Gasteiger charge is -2.28. The zero-order chi connectivity index (χ0) is 24.3. The summed E-state index contributed by atoms with van der Waals surface area (Å²) in [7, 11) is 0. The molecule has 1 saturated heterocycles. The quantitative estimate of drug-likeness (QED) is 0.414. The van der Waals surface area contributed by atoms with Crippen molar-refractivity contribution in [1.82, 2.24) is 19.7 Å². The smallest absolute Gasteiger partial charge is 0.229 e. The topological polar surface area (TPSA) is 94.1 Å². The van der Waals surface area contributed by atoms with Crippen molar-refractivity contribution >= 4 is 28.4 Å². The van der Waals surface area contributed by atoms with Crippen molar-refractivity contribution in [2.24, 2.45) is 11.7 Å². The molecule has 2 fully saturated rings. The Morgan fingerprint density at radius 3 is 2.44 bits per heavy atom. The van der Waals surface area contributed by atoms with Crippen LogP contribution in [0.5, 0.6) is 0 Å². The second-order valence-corrected chi connectivity index (χ2v) is 9.88. The fraction of sp³-hybridized carbons (Fsp3) is 0.393. The maximum atomic E-state index is 6.16. The summed E-state index contributed by atoms with van der Waals surface area (Å²) in [6, 6.07) is 19.0.